The van der Waals surface area contributed by atoms with Gasteiger partial charge in [0.15, 0.2) is 0 Å². The van der Waals surface area contributed by atoms with Crippen LogP contribution in [0.4, 0.5) is 0 Å². The predicted molar refractivity (Wildman–Crippen MR) is 90.8 cm³/mol. The molecule has 3 heteroatoms. The van der Waals surface area contributed by atoms with Gasteiger partial charge in [-0.3, -0.25) is 4.79 Å². The van der Waals surface area contributed by atoms with Crippen molar-refractivity contribution in [2.45, 2.75) is 72.0 Å². The summed E-state index contributed by atoms with van der Waals surface area (Å²) in [5, 5.41) is 11.0. The molecule has 2 bridgehead atoms. The Morgan fingerprint density at radius 2 is 2.00 bits per heavy atom. The minimum atomic E-state index is -0.775. The maximum absolute atomic E-state index is 12.8. The van der Waals surface area contributed by atoms with Crippen LogP contribution in [0.5, 0.6) is 0 Å². The quantitative estimate of drug-likeness (QED) is 0.541. The van der Waals surface area contributed by atoms with E-state index in [4.69, 9.17) is 4.74 Å². The SMILES string of the molecule is CC(C)=C1CC[C@@]23C(=O)O[C@@H](C/C(C)=C/CC/C(C)=C/C2O)[C@H]13. The summed E-state index contributed by atoms with van der Waals surface area (Å²) in [6, 6.07) is 0. The third-order valence-electron chi connectivity index (χ3n) is 5.92. The molecular formula is C20H28O3. The number of hydrogen-bond acceptors (Lipinski definition) is 3. The summed E-state index contributed by atoms with van der Waals surface area (Å²) in [4.78, 5) is 12.8. The fourth-order valence-corrected chi connectivity index (χ4v) is 4.69. The van der Waals surface area contributed by atoms with Crippen LogP contribution in [0.2, 0.25) is 0 Å². The second-order valence-corrected chi connectivity index (χ2v) is 7.74. The number of carbonyl (C=O) groups is 1. The number of allylic oxidation sites excluding steroid dienone is 3. The van der Waals surface area contributed by atoms with E-state index in [9.17, 15) is 9.90 Å². The molecule has 126 valence electrons. The molecule has 0 aromatic carbocycles. The lowest BCUT2D eigenvalue weighted by Crippen LogP contribution is -2.41. The molecule has 1 saturated carbocycles. The molecule has 0 spiro atoms. The number of esters is 1. The van der Waals surface area contributed by atoms with Gasteiger partial charge in [0.05, 0.1) is 6.10 Å². The Labute approximate surface area is 139 Å². The van der Waals surface area contributed by atoms with E-state index in [2.05, 4.69) is 26.8 Å². The van der Waals surface area contributed by atoms with Crippen molar-refractivity contribution in [2.75, 3.05) is 0 Å². The summed E-state index contributed by atoms with van der Waals surface area (Å²) < 4.78 is 5.81. The van der Waals surface area contributed by atoms with Crippen molar-refractivity contribution in [3.05, 3.63) is 34.4 Å². The second-order valence-electron chi connectivity index (χ2n) is 7.74. The van der Waals surface area contributed by atoms with E-state index < -0.39 is 11.5 Å². The van der Waals surface area contributed by atoms with Crippen LogP contribution >= 0.6 is 0 Å². The van der Waals surface area contributed by atoms with Gasteiger partial charge in [-0.2, -0.15) is 0 Å². The molecule has 0 amide bonds. The molecule has 3 aliphatic rings. The van der Waals surface area contributed by atoms with Crippen LogP contribution in [-0.4, -0.2) is 23.3 Å². The van der Waals surface area contributed by atoms with Crippen molar-refractivity contribution in [1.82, 2.24) is 0 Å². The van der Waals surface area contributed by atoms with E-state index in [0.717, 1.165) is 31.3 Å². The zero-order valence-corrected chi connectivity index (χ0v) is 14.7. The number of aliphatic hydroxyl groups excluding tert-OH is 1. The average Bonchev–Trinajstić information content (AvgIpc) is 2.97. The lowest BCUT2D eigenvalue weighted by Gasteiger charge is -2.30. The molecule has 2 fully saturated rings. The maximum atomic E-state index is 12.8. The summed E-state index contributed by atoms with van der Waals surface area (Å²) in [6.45, 7) is 8.39. The predicted octanol–water partition coefficient (Wildman–Crippen LogP) is 4.08. The van der Waals surface area contributed by atoms with Gasteiger partial charge >= 0.3 is 5.97 Å². The molecule has 0 aromatic rings. The van der Waals surface area contributed by atoms with Crippen LogP contribution in [0.15, 0.2) is 34.4 Å². The summed E-state index contributed by atoms with van der Waals surface area (Å²) in [5.74, 6) is -0.186. The van der Waals surface area contributed by atoms with Gasteiger partial charge in [0, 0.05) is 12.3 Å². The van der Waals surface area contributed by atoms with Crippen LogP contribution in [0, 0.1) is 11.3 Å². The zero-order chi connectivity index (χ0) is 16.8. The molecule has 0 radical (unpaired) electrons. The molecule has 1 unspecified atom stereocenters. The van der Waals surface area contributed by atoms with Gasteiger partial charge in [-0.15, -0.1) is 0 Å². The van der Waals surface area contributed by atoms with Crippen LogP contribution in [-0.2, 0) is 9.53 Å². The normalized spacial score (nSPS) is 42.0. The highest BCUT2D eigenvalue weighted by molar-refractivity contribution is 5.83. The third kappa shape index (κ3) is 2.59. The van der Waals surface area contributed by atoms with Crippen molar-refractivity contribution in [3.8, 4) is 0 Å². The molecular weight excluding hydrogens is 288 g/mol. The van der Waals surface area contributed by atoms with Crippen LogP contribution in [0.1, 0.15) is 59.8 Å². The molecule has 3 nitrogen and oxygen atoms in total. The first kappa shape index (κ1) is 16.5. The largest absolute Gasteiger partial charge is 0.461 e. The first-order valence-corrected chi connectivity index (χ1v) is 8.74. The summed E-state index contributed by atoms with van der Waals surface area (Å²) in [7, 11) is 0. The van der Waals surface area contributed by atoms with E-state index in [1.807, 2.05) is 13.0 Å². The highest BCUT2D eigenvalue weighted by Crippen LogP contribution is 2.58. The minimum absolute atomic E-state index is 0.0144. The van der Waals surface area contributed by atoms with Crippen molar-refractivity contribution in [3.63, 3.8) is 0 Å². The average molecular weight is 316 g/mol. The topological polar surface area (TPSA) is 46.5 Å². The molecule has 1 N–H and O–H groups in total. The number of ether oxygens (including phenoxy) is 1. The lowest BCUT2D eigenvalue weighted by atomic mass is 9.70. The van der Waals surface area contributed by atoms with Crippen molar-refractivity contribution < 1.29 is 14.6 Å². The van der Waals surface area contributed by atoms with E-state index in [1.165, 1.54) is 16.7 Å². The highest BCUT2D eigenvalue weighted by atomic mass is 16.6. The molecule has 4 atom stereocenters. The smallest absolute Gasteiger partial charge is 0.316 e. The zero-order valence-electron chi connectivity index (χ0n) is 14.7. The van der Waals surface area contributed by atoms with E-state index in [1.54, 1.807) is 0 Å². The van der Waals surface area contributed by atoms with Crippen LogP contribution in [0.25, 0.3) is 0 Å². The molecule has 23 heavy (non-hydrogen) atoms. The summed E-state index contributed by atoms with van der Waals surface area (Å²) in [5.41, 5.74) is 4.24. The molecule has 1 saturated heterocycles. The van der Waals surface area contributed by atoms with Gasteiger partial charge in [-0.25, -0.2) is 0 Å². The Balaban J connectivity index is 2.14. The van der Waals surface area contributed by atoms with Gasteiger partial charge in [0.1, 0.15) is 11.5 Å². The van der Waals surface area contributed by atoms with Gasteiger partial charge in [-0.05, 0) is 53.4 Å². The fourth-order valence-electron chi connectivity index (χ4n) is 4.69. The highest BCUT2D eigenvalue weighted by Gasteiger charge is 2.64. The van der Waals surface area contributed by atoms with Gasteiger partial charge in [0.2, 0.25) is 0 Å². The summed E-state index contributed by atoms with van der Waals surface area (Å²) >= 11 is 0. The number of hydrogen-bond donors (Lipinski definition) is 1. The molecule has 1 heterocycles. The standard InChI is InChI=1S/C20H28O3/c1-12(2)15-8-9-20-17(21)11-14(4)7-5-6-13(3)10-16(18(15)20)23-19(20)22/h6,11,16-18,21H,5,7-10H2,1-4H3/b13-6+,14-11+/t16-,17?,18-,20+/m0/s1. The van der Waals surface area contributed by atoms with E-state index in [0.29, 0.717) is 6.42 Å². The Bertz CT molecular complexity index is 606. The number of aliphatic hydroxyl groups is 1. The second kappa shape index (κ2) is 5.94. The van der Waals surface area contributed by atoms with Crippen molar-refractivity contribution >= 4 is 5.97 Å². The Hall–Kier alpha value is -1.35. The maximum Gasteiger partial charge on any atom is 0.316 e. The Kier molecular flexibility index (Phi) is 4.26. The molecule has 1 aliphatic heterocycles. The monoisotopic (exact) mass is 316 g/mol. The first-order valence-electron chi connectivity index (χ1n) is 8.74. The molecule has 3 rings (SSSR count). The third-order valence-corrected chi connectivity index (χ3v) is 5.92. The summed E-state index contributed by atoms with van der Waals surface area (Å²) in [6.07, 6.45) is 7.55. The number of rotatable bonds is 0. The van der Waals surface area contributed by atoms with Gasteiger partial charge in [-0.1, -0.05) is 34.4 Å². The van der Waals surface area contributed by atoms with Gasteiger partial charge in [0.25, 0.3) is 0 Å². The Morgan fingerprint density at radius 3 is 2.70 bits per heavy atom. The molecule has 2 aliphatic carbocycles. The van der Waals surface area contributed by atoms with Crippen molar-refractivity contribution in [1.29, 1.82) is 0 Å². The Morgan fingerprint density at radius 1 is 1.26 bits per heavy atom. The van der Waals surface area contributed by atoms with E-state index >= 15 is 0 Å². The van der Waals surface area contributed by atoms with Crippen LogP contribution in [0.3, 0.4) is 0 Å². The fraction of sp³-hybridized carbons (Fsp3) is 0.650. The van der Waals surface area contributed by atoms with E-state index in [-0.39, 0.29) is 18.0 Å². The van der Waals surface area contributed by atoms with Crippen LogP contribution < -0.4 is 0 Å². The number of carbonyl (C=O) groups excluding carboxylic acids is 1. The minimum Gasteiger partial charge on any atom is -0.461 e. The first-order chi connectivity index (χ1) is 10.9. The molecule has 0 aromatic heterocycles. The lowest BCUT2D eigenvalue weighted by molar-refractivity contribution is -0.152. The van der Waals surface area contributed by atoms with Gasteiger partial charge < -0.3 is 9.84 Å². The van der Waals surface area contributed by atoms with Crippen molar-refractivity contribution in [2.24, 2.45) is 11.3 Å².